The number of rotatable bonds is 13. The molecule has 3 rings (SSSR count). The van der Waals surface area contributed by atoms with Crippen LogP contribution in [0.15, 0.2) is 53.3 Å². The second-order valence-corrected chi connectivity index (χ2v) is 8.98. The van der Waals surface area contributed by atoms with Crippen LogP contribution in [0.1, 0.15) is 75.1 Å². The van der Waals surface area contributed by atoms with Gasteiger partial charge in [0.25, 0.3) is 5.56 Å². The van der Waals surface area contributed by atoms with Crippen LogP contribution in [0.25, 0.3) is 0 Å². The average Bonchev–Trinajstić information content (AvgIpc) is 2.91. The van der Waals surface area contributed by atoms with Crippen LogP contribution in [0, 0.1) is 0 Å². The number of aromatic amines is 1. The number of hydrogen-bond donors (Lipinski definition) is 1. The summed E-state index contributed by atoms with van der Waals surface area (Å²) in [5, 5.41) is 8.37. The largest absolute Gasteiger partial charge is 0.493 e. The van der Waals surface area contributed by atoms with E-state index in [0.29, 0.717) is 43.2 Å². The fourth-order valence-corrected chi connectivity index (χ4v) is 4.41. The molecule has 1 atom stereocenters. The lowest BCUT2D eigenvalue weighted by atomic mass is 10.1. The minimum absolute atomic E-state index is 0.0498. The molecule has 0 radical (unpaired) electrons. The number of amides is 2. The highest BCUT2D eigenvalue weighted by atomic mass is 16.5. The van der Waals surface area contributed by atoms with Crippen LogP contribution < -0.4 is 15.0 Å². The fraction of sp³-hybridized carbons (Fsp3) is 0.414. The van der Waals surface area contributed by atoms with E-state index in [9.17, 15) is 14.4 Å². The minimum atomic E-state index is -0.787. The van der Waals surface area contributed by atoms with Crippen molar-refractivity contribution in [3.63, 3.8) is 0 Å². The van der Waals surface area contributed by atoms with E-state index < -0.39 is 17.5 Å². The molecule has 9 nitrogen and oxygen atoms in total. The molecule has 2 aromatic carbocycles. The number of ether oxygens (including phenoxy) is 2. The molecule has 0 spiro atoms. The van der Waals surface area contributed by atoms with E-state index in [-0.39, 0.29) is 18.0 Å². The number of H-pyrrole nitrogens is 1. The summed E-state index contributed by atoms with van der Waals surface area (Å²) in [6.45, 7) is 5.52. The Labute approximate surface area is 223 Å². The Kier molecular flexibility index (Phi) is 10.6. The van der Waals surface area contributed by atoms with Gasteiger partial charge in [0.15, 0.2) is 17.2 Å². The van der Waals surface area contributed by atoms with Crippen LogP contribution in [0.2, 0.25) is 0 Å². The van der Waals surface area contributed by atoms with Gasteiger partial charge in [-0.3, -0.25) is 19.3 Å². The Hall–Kier alpha value is -4.01. The molecule has 1 heterocycles. The predicted octanol–water partition coefficient (Wildman–Crippen LogP) is 4.40. The lowest BCUT2D eigenvalue weighted by Crippen LogP contribution is -2.41. The van der Waals surface area contributed by atoms with Gasteiger partial charge in [-0.25, -0.2) is 0 Å². The van der Waals surface area contributed by atoms with Gasteiger partial charge in [-0.15, -0.1) is 10.2 Å². The number of carbonyl (C=O) groups is 2. The number of aromatic nitrogens is 3. The predicted molar refractivity (Wildman–Crippen MR) is 144 cm³/mol. The molecule has 202 valence electrons. The molecule has 9 heteroatoms. The monoisotopic (exact) mass is 520 g/mol. The normalized spacial score (nSPS) is 11.6. The third-order valence-electron chi connectivity index (χ3n) is 6.24. The number of nitrogens with zero attached hydrogens (tertiary/aromatic N) is 3. The first-order chi connectivity index (χ1) is 18.4. The van der Waals surface area contributed by atoms with Crippen LogP contribution in [0.4, 0.5) is 0 Å². The summed E-state index contributed by atoms with van der Waals surface area (Å²) in [6, 6.07) is 14.8. The molecule has 0 aliphatic heterocycles. The van der Waals surface area contributed by atoms with Gasteiger partial charge in [-0.05, 0) is 55.9 Å². The molecule has 0 fully saturated rings. The van der Waals surface area contributed by atoms with Gasteiger partial charge in [0.2, 0.25) is 11.8 Å². The Balaban J connectivity index is 1.71. The number of aryl methyl sites for hydroxylation is 1. The standard InChI is InChI=1S/C29H36N4O5/c1-5-23(33(20(3)34)27(35)15-11-10-14-21-12-8-7-9-13-21)28-29(36)30-26(31-32-28)19-22-16-17-24(37-4)25(18-22)38-6-2/h7-9,12-13,16-18,23H,5-6,10-11,14-15,19H2,1-4H3,(H,30,31,36). The highest BCUT2D eigenvalue weighted by Gasteiger charge is 2.30. The molecule has 0 aliphatic carbocycles. The number of carbonyl (C=O) groups excluding carboxylic acids is 2. The smallest absolute Gasteiger partial charge is 0.275 e. The fourth-order valence-electron chi connectivity index (χ4n) is 4.41. The first-order valence-electron chi connectivity index (χ1n) is 13.0. The Morgan fingerprint density at radius 3 is 2.39 bits per heavy atom. The second kappa shape index (κ2) is 14.1. The van der Waals surface area contributed by atoms with Crippen molar-refractivity contribution in [3.05, 3.63) is 81.5 Å². The molecule has 0 aliphatic rings. The quantitative estimate of drug-likeness (QED) is 0.332. The molecule has 2 amide bonds. The third kappa shape index (κ3) is 7.50. The highest BCUT2D eigenvalue weighted by Crippen LogP contribution is 2.28. The topological polar surface area (TPSA) is 114 Å². The zero-order valence-electron chi connectivity index (χ0n) is 22.5. The van der Waals surface area contributed by atoms with Crippen molar-refractivity contribution in [2.75, 3.05) is 13.7 Å². The van der Waals surface area contributed by atoms with E-state index in [1.165, 1.54) is 12.5 Å². The van der Waals surface area contributed by atoms with E-state index in [1.807, 2.05) is 44.2 Å². The van der Waals surface area contributed by atoms with Crippen molar-refractivity contribution in [1.29, 1.82) is 0 Å². The van der Waals surface area contributed by atoms with Crippen molar-refractivity contribution >= 4 is 11.8 Å². The average molecular weight is 521 g/mol. The maximum atomic E-state index is 13.0. The summed E-state index contributed by atoms with van der Waals surface area (Å²) >= 11 is 0. The number of imide groups is 1. The van der Waals surface area contributed by atoms with Crippen molar-refractivity contribution < 1.29 is 19.1 Å². The van der Waals surface area contributed by atoms with E-state index >= 15 is 0 Å². The van der Waals surface area contributed by atoms with Crippen molar-refractivity contribution in [2.45, 2.75) is 65.3 Å². The van der Waals surface area contributed by atoms with E-state index in [4.69, 9.17) is 9.47 Å². The van der Waals surface area contributed by atoms with Gasteiger partial charge in [-0.2, -0.15) is 0 Å². The van der Waals surface area contributed by atoms with E-state index in [2.05, 4.69) is 27.3 Å². The summed E-state index contributed by atoms with van der Waals surface area (Å²) in [6.07, 6.45) is 3.21. The Morgan fingerprint density at radius 1 is 1.00 bits per heavy atom. The molecule has 1 aromatic heterocycles. The van der Waals surface area contributed by atoms with Gasteiger partial charge in [0.05, 0.1) is 19.8 Å². The number of hydrogen-bond acceptors (Lipinski definition) is 7. The van der Waals surface area contributed by atoms with Gasteiger partial charge < -0.3 is 14.5 Å². The first kappa shape index (κ1) is 28.6. The summed E-state index contributed by atoms with van der Waals surface area (Å²) in [4.78, 5) is 42.5. The summed E-state index contributed by atoms with van der Waals surface area (Å²) in [7, 11) is 1.57. The number of methoxy groups -OCH3 is 1. The second-order valence-electron chi connectivity index (χ2n) is 8.98. The highest BCUT2D eigenvalue weighted by molar-refractivity contribution is 5.94. The number of unbranched alkanes of at least 4 members (excludes halogenated alkanes) is 1. The SMILES string of the molecule is CCOc1cc(Cc2nnc(C(CC)N(C(C)=O)C(=O)CCCCc3ccccc3)c(=O)[nH]2)ccc1OC. The first-order valence-corrected chi connectivity index (χ1v) is 13.0. The van der Waals surface area contributed by atoms with Crippen LogP contribution in [-0.2, 0) is 22.4 Å². The molecule has 0 saturated carbocycles. The molecule has 38 heavy (non-hydrogen) atoms. The Bertz CT molecular complexity index is 1280. The van der Waals surface area contributed by atoms with Gasteiger partial charge in [0.1, 0.15) is 5.82 Å². The third-order valence-corrected chi connectivity index (χ3v) is 6.24. The van der Waals surface area contributed by atoms with Crippen LogP contribution in [0.3, 0.4) is 0 Å². The van der Waals surface area contributed by atoms with Crippen LogP contribution >= 0.6 is 0 Å². The number of nitrogens with one attached hydrogen (secondary N) is 1. The van der Waals surface area contributed by atoms with Gasteiger partial charge in [0, 0.05) is 19.8 Å². The van der Waals surface area contributed by atoms with E-state index in [0.717, 1.165) is 23.3 Å². The van der Waals surface area contributed by atoms with Gasteiger partial charge >= 0.3 is 0 Å². The lowest BCUT2D eigenvalue weighted by molar-refractivity contribution is -0.146. The molecule has 0 bridgehead atoms. The maximum Gasteiger partial charge on any atom is 0.275 e. The van der Waals surface area contributed by atoms with Crippen molar-refractivity contribution in [3.8, 4) is 11.5 Å². The molecular formula is C29H36N4O5. The van der Waals surface area contributed by atoms with Crippen LogP contribution in [-0.4, -0.2) is 45.6 Å². The molecule has 1 unspecified atom stereocenters. The van der Waals surface area contributed by atoms with Crippen LogP contribution in [0.5, 0.6) is 11.5 Å². The van der Waals surface area contributed by atoms with Gasteiger partial charge in [-0.1, -0.05) is 43.3 Å². The number of benzene rings is 2. The molecule has 0 saturated heterocycles. The van der Waals surface area contributed by atoms with Crippen molar-refractivity contribution in [1.82, 2.24) is 20.1 Å². The summed E-state index contributed by atoms with van der Waals surface area (Å²) in [5.41, 5.74) is 1.65. The molecule has 1 N–H and O–H groups in total. The van der Waals surface area contributed by atoms with Crippen molar-refractivity contribution in [2.24, 2.45) is 0 Å². The Morgan fingerprint density at radius 2 is 1.76 bits per heavy atom. The zero-order chi connectivity index (χ0) is 27.5. The molecular weight excluding hydrogens is 484 g/mol. The zero-order valence-corrected chi connectivity index (χ0v) is 22.5. The lowest BCUT2D eigenvalue weighted by Gasteiger charge is -2.27. The summed E-state index contributed by atoms with van der Waals surface area (Å²) < 4.78 is 10.9. The van der Waals surface area contributed by atoms with E-state index in [1.54, 1.807) is 13.2 Å². The maximum absolute atomic E-state index is 13.0. The summed E-state index contributed by atoms with van der Waals surface area (Å²) in [5.74, 6) is 0.847. The minimum Gasteiger partial charge on any atom is -0.493 e. The molecule has 3 aromatic rings.